The van der Waals surface area contributed by atoms with E-state index < -0.39 is 6.16 Å². The van der Waals surface area contributed by atoms with Crippen LogP contribution in [0.3, 0.4) is 0 Å². The van der Waals surface area contributed by atoms with E-state index in [9.17, 15) is 4.79 Å². The zero-order chi connectivity index (χ0) is 6.41. The first kappa shape index (κ1) is 7.19. The second kappa shape index (κ2) is 4.35. The first-order valence-electron chi connectivity index (χ1n) is 1.89. The fraction of sp³-hybridized carbons (Fsp3) is 0.667. The monoisotopic (exact) mass is 122 g/mol. The maximum atomic E-state index is 9.51. The molecule has 0 aliphatic rings. The Labute approximate surface area is 45.4 Å². The zero-order valence-electron chi connectivity index (χ0n) is 4.03. The molecule has 0 atom stereocenters. The molecule has 0 radical (unpaired) electrons. The quantitative estimate of drug-likeness (QED) is 0.241. The summed E-state index contributed by atoms with van der Waals surface area (Å²) in [5.74, 6) is 0. The van der Waals surface area contributed by atoms with Gasteiger partial charge in [-0.05, 0) is 0 Å². The van der Waals surface area contributed by atoms with E-state index in [-0.39, 0.29) is 13.2 Å². The van der Waals surface area contributed by atoms with Crippen molar-refractivity contribution in [3.63, 3.8) is 0 Å². The van der Waals surface area contributed by atoms with Gasteiger partial charge in [-0.25, -0.2) is 9.68 Å². The van der Waals surface area contributed by atoms with Crippen LogP contribution < -0.4 is 0 Å². The van der Waals surface area contributed by atoms with Crippen LogP contribution >= 0.6 is 0 Å². The van der Waals surface area contributed by atoms with Crippen molar-refractivity contribution in [3.05, 3.63) is 0 Å². The van der Waals surface area contributed by atoms with Crippen molar-refractivity contribution in [1.29, 1.82) is 0 Å². The highest BCUT2D eigenvalue weighted by atomic mass is 17.1. The van der Waals surface area contributed by atoms with Crippen LogP contribution in [0.2, 0.25) is 0 Å². The molecule has 8 heavy (non-hydrogen) atoms. The highest BCUT2D eigenvalue weighted by Gasteiger charge is 1.92. The van der Waals surface area contributed by atoms with Gasteiger partial charge in [-0.1, -0.05) is 0 Å². The van der Waals surface area contributed by atoms with E-state index in [1.54, 1.807) is 0 Å². The Morgan fingerprint density at radius 2 is 2.12 bits per heavy atom. The van der Waals surface area contributed by atoms with Crippen molar-refractivity contribution < 1.29 is 24.8 Å². The SMILES string of the molecule is O=C(O)OCCOO. The van der Waals surface area contributed by atoms with Crippen molar-refractivity contribution in [1.82, 2.24) is 0 Å². The van der Waals surface area contributed by atoms with Gasteiger partial charge in [0.05, 0.1) is 0 Å². The van der Waals surface area contributed by atoms with Gasteiger partial charge in [0.15, 0.2) is 0 Å². The molecule has 0 spiro atoms. The molecule has 2 N–H and O–H groups in total. The van der Waals surface area contributed by atoms with Crippen LogP contribution in [0.25, 0.3) is 0 Å². The molecule has 5 nitrogen and oxygen atoms in total. The minimum atomic E-state index is -1.37. The molecule has 0 saturated heterocycles. The van der Waals surface area contributed by atoms with Crippen molar-refractivity contribution in [3.8, 4) is 0 Å². The third kappa shape index (κ3) is 5.19. The molecule has 5 heteroatoms. The Hall–Kier alpha value is -0.810. The predicted octanol–water partition coefficient (Wildman–Crippen LogP) is 0.171. The lowest BCUT2D eigenvalue weighted by molar-refractivity contribution is -0.247. The molecule has 0 unspecified atom stereocenters. The van der Waals surface area contributed by atoms with Gasteiger partial charge in [0.1, 0.15) is 13.2 Å². The van der Waals surface area contributed by atoms with Crippen LogP contribution in [0.15, 0.2) is 0 Å². The lowest BCUT2D eigenvalue weighted by Crippen LogP contribution is -2.06. The molecule has 0 fully saturated rings. The summed E-state index contributed by atoms with van der Waals surface area (Å²) < 4.78 is 3.91. The Kier molecular flexibility index (Phi) is 3.91. The standard InChI is InChI=1S/C3H6O5/c4-3(5)7-1-2-8-6/h6H,1-2H2,(H,4,5). The summed E-state index contributed by atoms with van der Waals surface area (Å²) in [5.41, 5.74) is 0. The molecule has 0 saturated carbocycles. The highest BCUT2D eigenvalue weighted by molar-refractivity contribution is 5.56. The van der Waals surface area contributed by atoms with Crippen molar-refractivity contribution in [2.45, 2.75) is 0 Å². The summed E-state index contributed by atoms with van der Waals surface area (Å²) in [6.45, 7) is -0.280. The van der Waals surface area contributed by atoms with Crippen LogP contribution in [-0.2, 0) is 9.62 Å². The molecule has 0 aliphatic heterocycles. The third-order valence-electron chi connectivity index (χ3n) is 0.400. The second-order valence-corrected chi connectivity index (χ2v) is 0.948. The van der Waals surface area contributed by atoms with E-state index in [4.69, 9.17) is 10.4 Å². The molecule has 0 heterocycles. The summed E-state index contributed by atoms with van der Waals surface area (Å²) >= 11 is 0. The number of carboxylic acid groups (broad SMARTS) is 1. The van der Waals surface area contributed by atoms with Gasteiger partial charge < -0.3 is 9.84 Å². The summed E-state index contributed by atoms with van der Waals surface area (Å²) in [5, 5.41) is 15.4. The van der Waals surface area contributed by atoms with Crippen LogP contribution in [0.4, 0.5) is 4.79 Å². The minimum Gasteiger partial charge on any atom is -0.450 e. The van der Waals surface area contributed by atoms with Gasteiger partial charge >= 0.3 is 6.16 Å². The Morgan fingerprint density at radius 3 is 2.50 bits per heavy atom. The fourth-order valence-corrected chi connectivity index (χ4v) is 0.166. The molecule has 0 aromatic rings. The Morgan fingerprint density at radius 1 is 1.50 bits per heavy atom. The van der Waals surface area contributed by atoms with Gasteiger partial charge in [-0.15, -0.1) is 0 Å². The molecule has 48 valence electrons. The number of hydrogen-bond donors (Lipinski definition) is 2. The van der Waals surface area contributed by atoms with E-state index in [1.165, 1.54) is 0 Å². The molecule has 0 aromatic carbocycles. The van der Waals surface area contributed by atoms with Gasteiger partial charge in [-0.2, -0.15) is 0 Å². The average molecular weight is 122 g/mol. The topological polar surface area (TPSA) is 76.0 Å². The molecule has 0 aliphatic carbocycles. The largest absolute Gasteiger partial charge is 0.505 e. The lowest BCUT2D eigenvalue weighted by Gasteiger charge is -1.94. The van der Waals surface area contributed by atoms with Crippen molar-refractivity contribution in [2.75, 3.05) is 13.2 Å². The van der Waals surface area contributed by atoms with E-state index in [0.29, 0.717) is 0 Å². The summed E-state index contributed by atoms with van der Waals surface area (Å²) in [6, 6.07) is 0. The second-order valence-electron chi connectivity index (χ2n) is 0.948. The molecule has 0 rings (SSSR count). The van der Waals surface area contributed by atoms with Crippen LogP contribution in [-0.4, -0.2) is 29.7 Å². The number of carbonyl (C=O) groups is 1. The summed E-state index contributed by atoms with van der Waals surface area (Å²) in [6.07, 6.45) is -1.37. The molecule has 0 aromatic heterocycles. The van der Waals surface area contributed by atoms with Gasteiger partial charge in [0.2, 0.25) is 0 Å². The van der Waals surface area contributed by atoms with Crippen LogP contribution in [0.5, 0.6) is 0 Å². The molecule has 0 bridgehead atoms. The predicted molar refractivity (Wildman–Crippen MR) is 22.6 cm³/mol. The van der Waals surface area contributed by atoms with E-state index in [0.717, 1.165) is 0 Å². The number of hydrogen-bond acceptors (Lipinski definition) is 4. The maximum absolute atomic E-state index is 9.51. The van der Waals surface area contributed by atoms with Crippen LogP contribution in [0.1, 0.15) is 0 Å². The van der Waals surface area contributed by atoms with Crippen molar-refractivity contribution in [2.24, 2.45) is 0 Å². The Bertz CT molecular complexity index is 70.1. The van der Waals surface area contributed by atoms with E-state index in [1.807, 2.05) is 0 Å². The molecule has 0 amide bonds. The summed E-state index contributed by atoms with van der Waals surface area (Å²) in [4.78, 5) is 13.0. The highest BCUT2D eigenvalue weighted by Crippen LogP contribution is 1.74. The van der Waals surface area contributed by atoms with Crippen LogP contribution in [0, 0.1) is 0 Å². The van der Waals surface area contributed by atoms with Gasteiger partial charge in [0, 0.05) is 0 Å². The lowest BCUT2D eigenvalue weighted by atomic mass is 10.8. The first-order valence-corrected chi connectivity index (χ1v) is 1.89. The molecular formula is C3H6O5. The van der Waals surface area contributed by atoms with E-state index >= 15 is 0 Å². The average Bonchev–Trinajstić information content (AvgIpc) is 1.66. The maximum Gasteiger partial charge on any atom is 0.505 e. The number of ether oxygens (including phenoxy) is 1. The number of rotatable bonds is 3. The normalized spacial score (nSPS) is 8.62. The zero-order valence-corrected chi connectivity index (χ0v) is 4.03. The molecular weight excluding hydrogens is 116 g/mol. The minimum absolute atomic E-state index is 0.133. The third-order valence-corrected chi connectivity index (χ3v) is 0.400. The Balaban J connectivity index is 2.82. The van der Waals surface area contributed by atoms with Crippen molar-refractivity contribution >= 4 is 6.16 Å². The fourth-order valence-electron chi connectivity index (χ4n) is 0.166. The first-order chi connectivity index (χ1) is 3.77. The van der Waals surface area contributed by atoms with Gasteiger partial charge in [-0.3, -0.25) is 5.26 Å². The van der Waals surface area contributed by atoms with Gasteiger partial charge in [0.25, 0.3) is 0 Å². The smallest absolute Gasteiger partial charge is 0.450 e. The van der Waals surface area contributed by atoms with E-state index in [2.05, 4.69) is 9.62 Å². The summed E-state index contributed by atoms with van der Waals surface area (Å²) in [7, 11) is 0.